The van der Waals surface area contributed by atoms with Gasteiger partial charge in [0.15, 0.2) is 0 Å². The molecule has 1 saturated heterocycles. The first-order valence-electron chi connectivity index (χ1n) is 6.34. The zero-order valence-electron chi connectivity index (χ0n) is 10.9. The maximum atomic E-state index is 13.2. The van der Waals surface area contributed by atoms with Crippen LogP contribution in [-0.4, -0.2) is 31.1 Å². The molecular weight excluding hydrogens is 269 g/mol. The first-order valence-corrected chi connectivity index (χ1v) is 6.72. The van der Waals surface area contributed by atoms with Gasteiger partial charge in [-0.1, -0.05) is 11.6 Å². The highest BCUT2D eigenvalue weighted by atomic mass is 35.5. The Labute approximate surface area is 117 Å². The Morgan fingerprint density at radius 3 is 3.11 bits per heavy atom. The van der Waals surface area contributed by atoms with Crippen molar-refractivity contribution >= 4 is 17.6 Å². The molecule has 0 aromatic heterocycles. The average molecular weight is 286 g/mol. The van der Waals surface area contributed by atoms with Crippen LogP contribution in [0.25, 0.3) is 0 Å². The molecule has 0 amide bonds. The van der Waals surface area contributed by atoms with Gasteiger partial charge in [-0.3, -0.25) is 9.69 Å². The van der Waals surface area contributed by atoms with Gasteiger partial charge in [0.25, 0.3) is 0 Å². The fourth-order valence-corrected chi connectivity index (χ4v) is 2.64. The topological polar surface area (TPSA) is 29.5 Å². The molecule has 2 rings (SSSR count). The van der Waals surface area contributed by atoms with Gasteiger partial charge in [-0.05, 0) is 43.1 Å². The molecule has 0 N–H and O–H groups in total. The Morgan fingerprint density at radius 1 is 1.58 bits per heavy atom. The van der Waals surface area contributed by atoms with E-state index < -0.39 is 0 Å². The summed E-state index contributed by atoms with van der Waals surface area (Å²) >= 11 is 6.06. The van der Waals surface area contributed by atoms with Gasteiger partial charge in [0.05, 0.1) is 13.0 Å². The number of halogens is 2. The molecule has 1 atom stereocenters. The molecule has 1 fully saturated rings. The summed E-state index contributed by atoms with van der Waals surface area (Å²) in [5.41, 5.74) is 0.757. The van der Waals surface area contributed by atoms with Gasteiger partial charge in [0.2, 0.25) is 0 Å². The highest BCUT2D eigenvalue weighted by Gasteiger charge is 2.26. The zero-order chi connectivity index (χ0) is 13.8. The van der Waals surface area contributed by atoms with Crippen molar-refractivity contribution in [1.29, 1.82) is 0 Å². The fourth-order valence-electron chi connectivity index (χ4n) is 2.46. The quantitative estimate of drug-likeness (QED) is 0.800. The van der Waals surface area contributed by atoms with E-state index >= 15 is 0 Å². The fraction of sp³-hybridized carbons (Fsp3) is 0.500. The molecule has 0 spiro atoms. The van der Waals surface area contributed by atoms with Crippen LogP contribution < -0.4 is 0 Å². The molecule has 1 aliphatic heterocycles. The number of esters is 1. The van der Waals surface area contributed by atoms with Gasteiger partial charge in [0, 0.05) is 18.1 Å². The lowest BCUT2D eigenvalue weighted by Gasteiger charge is -2.31. The largest absolute Gasteiger partial charge is 0.469 e. The van der Waals surface area contributed by atoms with Crippen molar-refractivity contribution in [3.05, 3.63) is 34.6 Å². The first kappa shape index (κ1) is 14.3. The van der Waals surface area contributed by atoms with Crippen molar-refractivity contribution < 1.29 is 13.9 Å². The van der Waals surface area contributed by atoms with Gasteiger partial charge in [0.1, 0.15) is 5.82 Å². The van der Waals surface area contributed by atoms with Gasteiger partial charge in [-0.15, -0.1) is 0 Å². The lowest BCUT2D eigenvalue weighted by atomic mass is 9.98. The normalized spacial score (nSPS) is 20.3. The number of likely N-dealkylation sites (tertiary alicyclic amines) is 1. The van der Waals surface area contributed by atoms with E-state index in [-0.39, 0.29) is 17.7 Å². The number of hydrogen-bond donors (Lipinski definition) is 0. The summed E-state index contributed by atoms with van der Waals surface area (Å²) in [7, 11) is 1.41. The summed E-state index contributed by atoms with van der Waals surface area (Å²) in [5.74, 6) is -0.554. The Balaban J connectivity index is 2.02. The van der Waals surface area contributed by atoms with Crippen LogP contribution in [0.15, 0.2) is 18.2 Å². The third kappa shape index (κ3) is 3.67. The van der Waals surface area contributed by atoms with E-state index in [0.29, 0.717) is 18.1 Å². The Kier molecular flexibility index (Phi) is 4.77. The van der Waals surface area contributed by atoms with Crippen LogP contribution in [0.3, 0.4) is 0 Å². The summed E-state index contributed by atoms with van der Waals surface area (Å²) in [5, 5.41) is 0.557. The van der Waals surface area contributed by atoms with Crippen LogP contribution in [0.4, 0.5) is 4.39 Å². The van der Waals surface area contributed by atoms with Crippen molar-refractivity contribution in [3.8, 4) is 0 Å². The van der Waals surface area contributed by atoms with E-state index in [0.717, 1.165) is 24.9 Å². The molecule has 3 nitrogen and oxygen atoms in total. The van der Waals surface area contributed by atoms with Crippen LogP contribution in [0, 0.1) is 11.7 Å². The summed E-state index contributed by atoms with van der Waals surface area (Å²) in [6, 6.07) is 4.36. The van der Waals surface area contributed by atoms with Crippen LogP contribution in [0.1, 0.15) is 18.4 Å². The molecule has 5 heteroatoms. The summed E-state index contributed by atoms with van der Waals surface area (Å²) in [6.07, 6.45) is 1.78. The number of rotatable bonds is 3. The van der Waals surface area contributed by atoms with Gasteiger partial charge in [-0.2, -0.15) is 0 Å². The predicted molar refractivity (Wildman–Crippen MR) is 71.4 cm³/mol. The predicted octanol–water partition coefficient (Wildman–Crippen LogP) is 2.86. The number of benzene rings is 1. The third-order valence-electron chi connectivity index (χ3n) is 3.44. The average Bonchev–Trinajstić information content (AvgIpc) is 2.42. The van der Waals surface area contributed by atoms with Crippen molar-refractivity contribution in [2.45, 2.75) is 19.4 Å². The number of nitrogens with zero attached hydrogens (tertiary/aromatic N) is 1. The zero-order valence-corrected chi connectivity index (χ0v) is 11.6. The smallest absolute Gasteiger partial charge is 0.309 e. The molecular formula is C14H17ClFNO2. The number of hydrogen-bond acceptors (Lipinski definition) is 3. The number of carbonyl (C=O) groups excluding carboxylic acids is 1. The van der Waals surface area contributed by atoms with Gasteiger partial charge in [-0.25, -0.2) is 4.39 Å². The van der Waals surface area contributed by atoms with Crippen molar-refractivity contribution in [3.63, 3.8) is 0 Å². The van der Waals surface area contributed by atoms with E-state index in [1.165, 1.54) is 19.2 Å². The van der Waals surface area contributed by atoms with E-state index in [4.69, 9.17) is 16.3 Å². The second-order valence-corrected chi connectivity index (χ2v) is 5.24. The molecule has 0 saturated carbocycles. The molecule has 19 heavy (non-hydrogen) atoms. The minimum atomic E-state index is -0.291. The molecule has 1 aromatic carbocycles. The monoisotopic (exact) mass is 285 g/mol. The minimum Gasteiger partial charge on any atom is -0.469 e. The Morgan fingerprint density at radius 2 is 2.37 bits per heavy atom. The molecule has 1 heterocycles. The number of piperidine rings is 1. The molecule has 0 bridgehead atoms. The molecule has 0 radical (unpaired) electrons. The van der Waals surface area contributed by atoms with Crippen LogP contribution in [0.2, 0.25) is 5.02 Å². The van der Waals surface area contributed by atoms with Crippen LogP contribution in [0.5, 0.6) is 0 Å². The van der Waals surface area contributed by atoms with Crippen molar-refractivity contribution in [2.24, 2.45) is 5.92 Å². The van der Waals surface area contributed by atoms with E-state index in [1.807, 2.05) is 0 Å². The lowest BCUT2D eigenvalue weighted by molar-refractivity contribution is -0.147. The summed E-state index contributed by atoms with van der Waals surface area (Å²) in [6.45, 7) is 2.09. The standard InChI is InChI=1S/C14H17ClFNO2/c1-19-14(18)10-3-2-6-17(8-10)9-11-7-12(16)4-5-13(11)15/h4-5,7,10H,2-3,6,8-9H2,1H3. The minimum absolute atomic E-state index is 0.0916. The molecule has 1 aromatic rings. The molecule has 1 aliphatic rings. The Hall–Kier alpha value is -1.13. The summed E-state index contributed by atoms with van der Waals surface area (Å²) in [4.78, 5) is 13.7. The molecule has 1 unspecified atom stereocenters. The SMILES string of the molecule is COC(=O)C1CCCN(Cc2cc(F)ccc2Cl)C1. The third-order valence-corrected chi connectivity index (χ3v) is 3.81. The highest BCUT2D eigenvalue weighted by Crippen LogP contribution is 2.23. The maximum Gasteiger partial charge on any atom is 0.309 e. The second-order valence-electron chi connectivity index (χ2n) is 4.83. The van der Waals surface area contributed by atoms with Crippen LogP contribution in [-0.2, 0) is 16.1 Å². The van der Waals surface area contributed by atoms with E-state index in [2.05, 4.69) is 4.90 Å². The van der Waals surface area contributed by atoms with Crippen molar-refractivity contribution in [2.75, 3.05) is 20.2 Å². The molecule has 104 valence electrons. The van der Waals surface area contributed by atoms with Gasteiger partial charge >= 0.3 is 5.97 Å². The number of ether oxygens (including phenoxy) is 1. The van der Waals surface area contributed by atoms with Crippen LogP contribution >= 0.6 is 11.6 Å². The second kappa shape index (κ2) is 6.35. The number of methoxy groups -OCH3 is 1. The van der Waals surface area contributed by atoms with E-state index in [1.54, 1.807) is 6.07 Å². The molecule has 0 aliphatic carbocycles. The van der Waals surface area contributed by atoms with Crippen molar-refractivity contribution in [1.82, 2.24) is 4.90 Å². The first-order chi connectivity index (χ1) is 9.10. The lowest BCUT2D eigenvalue weighted by Crippen LogP contribution is -2.38. The maximum absolute atomic E-state index is 13.2. The number of carbonyl (C=O) groups is 1. The highest BCUT2D eigenvalue weighted by molar-refractivity contribution is 6.31. The Bertz CT molecular complexity index is 467. The van der Waals surface area contributed by atoms with E-state index in [9.17, 15) is 9.18 Å². The van der Waals surface area contributed by atoms with Gasteiger partial charge < -0.3 is 4.74 Å². The summed E-state index contributed by atoms with van der Waals surface area (Å²) < 4.78 is 18.0.